The lowest BCUT2D eigenvalue weighted by molar-refractivity contribution is 0.0524. The maximum atomic E-state index is 13.1. The van der Waals surface area contributed by atoms with Gasteiger partial charge in [0.1, 0.15) is 17.3 Å². The molecular weight excluding hydrogens is 342 g/mol. The van der Waals surface area contributed by atoms with Gasteiger partial charge in [0.25, 0.3) is 5.91 Å². The number of nitrogens with zero attached hydrogens (tertiary/aromatic N) is 3. The Labute approximate surface area is 160 Å². The number of benzene rings is 1. The van der Waals surface area contributed by atoms with Crippen LogP contribution < -0.4 is 4.74 Å². The highest BCUT2D eigenvalue weighted by Crippen LogP contribution is 2.17. The number of rotatable bonds is 7. The molecule has 1 fully saturated rings. The summed E-state index contributed by atoms with van der Waals surface area (Å²) >= 11 is 0. The molecule has 2 aromatic rings. The molecule has 6 nitrogen and oxygen atoms in total. The Kier molecular flexibility index (Phi) is 6.40. The van der Waals surface area contributed by atoms with Crippen LogP contribution in [0.5, 0.6) is 5.75 Å². The van der Waals surface area contributed by atoms with E-state index in [9.17, 15) is 4.79 Å². The van der Waals surface area contributed by atoms with Crippen LogP contribution in [0.2, 0.25) is 0 Å². The van der Waals surface area contributed by atoms with E-state index in [0.29, 0.717) is 24.6 Å². The molecule has 144 valence electrons. The van der Waals surface area contributed by atoms with Crippen LogP contribution in [0.3, 0.4) is 0 Å². The average molecular weight is 369 g/mol. The second kappa shape index (κ2) is 8.95. The van der Waals surface area contributed by atoms with Crippen LogP contribution in [0.4, 0.5) is 0 Å². The third-order valence-electron chi connectivity index (χ3n) is 4.75. The van der Waals surface area contributed by atoms with Gasteiger partial charge < -0.3 is 14.4 Å². The zero-order valence-electron chi connectivity index (χ0n) is 16.3. The summed E-state index contributed by atoms with van der Waals surface area (Å²) in [4.78, 5) is 23.6. The van der Waals surface area contributed by atoms with Crippen molar-refractivity contribution in [1.82, 2.24) is 14.9 Å². The predicted molar refractivity (Wildman–Crippen MR) is 103 cm³/mol. The molecule has 0 radical (unpaired) electrons. The summed E-state index contributed by atoms with van der Waals surface area (Å²) in [6.45, 7) is 5.68. The third kappa shape index (κ3) is 5.26. The molecule has 1 atom stereocenters. The third-order valence-corrected chi connectivity index (χ3v) is 4.75. The molecule has 1 saturated heterocycles. The number of hydrogen-bond acceptors (Lipinski definition) is 5. The first-order valence-corrected chi connectivity index (χ1v) is 9.41. The summed E-state index contributed by atoms with van der Waals surface area (Å²) < 4.78 is 11.0. The Hall–Kier alpha value is -2.47. The zero-order valence-corrected chi connectivity index (χ0v) is 16.3. The maximum absolute atomic E-state index is 13.1. The van der Waals surface area contributed by atoms with Crippen LogP contribution in [-0.4, -0.2) is 53.7 Å². The minimum atomic E-state index is -0.0624. The number of carbonyl (C=O) groups excluding carboxylic acids is 1. The highest BCUT2D eigenvalue weighted by molar-refractivity contribution is 5.92. The number of ether oxygens (including phenoxy) is 2. The van der Waals surface area contributed by atoms with E-state index < -0.39 is 0 Å². The second-order valence-corrected chi connectivity index (χ2v) is 6.93. The Morgan fingerprint density at radius 3 is 2.67 bits per heavy atom. The summed E-state index contributed by atoms with van der Waals surface area (Å²) in [6.07, 6.45) is 2.92. The minimum Gasteiger partial charge on any atom is -0.497 e. The smallest absolute Gasteiger partial charge is 0.272 e. The van der Waals surface area contributed by atoms with Gasteiger partial charge in [-0.15, -0.1) is 0 Å². The maximum Gasteiger partial charge on any atom is 0.272 e. The van der Waals surface area contributed by atoms with E-state index in [-0.39, 0.29) is 12.0 Å². The van der Waals surface area contributed by atoms with Gasteiger partial charge in [-0.1, -0.05) is 12.1 Å². The van der Waals surface area contributed by atoms with Gasteiger partial charge in [0.15, 0.2) is 0 Å². The molecule has 6 heteroatoms. The van der Waals surface area contributed by atoms with Gasteiger partial charge in [-0.05, 0) is 56.9 Å². The lowest BCUT2D eigenvalue weighted by atomic mass is 10.1. The summed E-state index contributed by atoms with van der Waals surface area (Å²) in [7, 11) is 1.66. The van der Waals surface area contributed by atoms with Gasteiger partial charge in [0, 0.05) is 25.4 Å². The quantitative estimate of drug-likeness (QED) is 0.751. The normalized spacial score (nSPS) is 16.3. The van der Waals surface area contributed by atoms with Crippen LogP contribution in [0.1, 0.15) is 40.4 Å². The van der Waals surface area contributed by atoms with Crippen molar-refractivity contribution in [3.63, 3.8) is 0 Å². The fraction of sp³-hybridized carbons (Fsp3) is 0.476. The molecule has 1 aliphatic rings. The first-order chi connectivity index (χ1) is 13.0. The van der Waals surface area contributed by atoms with Crippen molar-refractivity contribution in [2.45, 2.75) is 39.2 Å². The Balaban J connectivity index is 1.73. The SMILES string of the molecule is COc1ccc(CCN(CC2CCCO2)C(=O)c2cc(C)nc(C)n2)cc1. The fourth-order valence-corrected chi connectivity index (χ4v) is 3.35. The van der Waals surface area contributed by atoms with Gasteiger partial charge in [0.05, 0.1) is 13.2 Å². The van der Waals surface area contributed by atoms with Crippen molar-refractivity contribution < 1.29 is 14.3 Å². The molecule has 1 unspecified atom stereocenters. The first-order valence-electron chi connectivity index (χ1n) is 9.41. The molecule has 0 aliphatic carbocycles. The van der Waals surface area contributed by atoms with Gasteiger partial charge in [-0.25, -0.2) is 9.97 Å². The molecule has 1 amide bonds. The van der Waals surface area contributed by atoms with Gasteiger partial charge in [0.2, 0.25) is 0 Å². The van der Waals surface area contributed by atoms with Crippen molar-refractivity contribution in [1.29, 1.82) is 0 Å². The highest BCUT2D eigenvalue weighted by Gasteiger charge is 2.24. The topological polar surface area (TPSA) is 64.6 Å². The summed E-state index contributed by atoms with van der Waals surface area (Å²) in [5.74, 6) is 1.39. The number of amides is 1. The van der Waals surface area contributed by atoms with E-state index in [1.165, 1.54) is 0 Å². The molecule has 1 aromatic heterocycles. The molecular formula is C21H27N3O3. The molecule has 1 aliphatic heterocycles. The Bertz CT molecular complexity index is 750. The van der Waals surface area contributed by atoms with Gasteiger partial charge in [-0.3, -0.25) is 4.79 Å². The van der Waals surface area contributed by atoms with E-state index in [4.69, 9.17) is 9.47 Å². The second-order valence-electron chi connectivity index (χ2n) is 6.93. The van der Waals surface area contributed by atoms with Crippen LogP contribution in [0, 0.1) is 13.8 Å². The molecule has 2 heterocycles. The molecule has 0 spiro atoms. The number of aryl methyl sites for hydroxylation is 2. The van der Waals surface area contributed by atoms with Gasteiger partial charge >= 0.3 is 0 Å². The number of aromatic nitrogens is 2. The van der Waals surface area contributed by atoms with Crippen LogP contribution >= 0.6 is 0 Å². The monoisotopic (exact) mass is 369 g/mol. The lowest BCUT2D eigenvalue weighted by Gasteiger charge is -2.25. The summed E-state index contributed by atoms with van der Waals surface area (Å²) in [5, 5.41) is 0. The molecule has 27 heavy (non-hydrogen) atoms. The molecule has 0 saturated carbocycles. The first kappa shape index (κ1) is 19.3. The van der Waals surface area contributed by atoms with Crippen LogP contribution in [0.15, 0.2) is 30.3 Å². The number of carbonyl (C=O) groups is 1. The van der Waals surface area contributed by atoms with Crippen molar-refractivity contribution in [3.05, 3.63) is 53.1 Å². The Morgan fingerprint density at radius 2 is 2.04 bits per heavy atom. The van der Waals surface area contributed by atoms with E-state index >= 15 is 0 Å². The predicted octanol–water partition coefficient (Wildman–Crippen LogP) is 2.97. The zero-order chi connectivity index (χ0) is 19.2. The molecule has 0 bridgehead atoms. The largest absolute Gasteiger partial charge is 0.497 e. The van der Waals surface area contributed by atoms with E-state index in [2.05, 4.69) is 9.97 Å². The molecule has 0 N–H and O–H groups in total. The average Bonchev–Trinajstić information content (AvgIpc) is 3.17. The van der Waals surface area contributed by atoms with Crippen molar-refractivity contribution >= 4 is 5.91 Å². The lowest BCUT2D eigenvalue weighted by Crippen LogP contribution is -2.39. The molecule has 3 rings (SSSR count). The van der Waals surface area contributed by atoms with Crippen LogP contribution in [0.25, 0.3) is 0 Å². The fourth-order valence-electron chi connectivity index (χ4n) is 3.35. The van der Waals surface area contributed by atoms with E-state index in [1.807, 2.05) is 43.0 Å². The minimum absolute atomic E-state index is 0.0624. The summed E-state index contributed by atoms with van der Waals surface area (Å²) in [5.41, 5.74) is 2.42. The van der Waals surface area contributed by atoms with Crippen molar-refractivity contribution in [2.24, 2.45) is 0 Å². The number of methoxy groups -OCH3 is 1. The summed E-state index contributed by atoms with van der Waals surface area (Å²) in [6, 6.07) is 9.71. The van der Waals surface area contributed by atoms with Crippen molar-refractivity contribution in [2.75, 3.05) is 26.8 Å². The van der Waals surface area contributed by atoms with Gasteiger partial charge in [-0.2, -0.15) is 0 Å². The number of hydrogen-bond donors (Lipinski definition) is 0. The van der Waals surface area contributed by atoms with E-state index in [0.717, 1.165) is 42.9 Å². The van der Waals surface area contributed by atoms with Crippen LogP contribution in [-0.2, 0) is 11.2 Å². The van der Waals surface area contributed by atoms with E-state index in [1.54, 1.807) is 13.2 Å². The Morgan fingerprint density at radius 1 is 1.26 bits per heavy atom. The standard InChI is InChI=1S/C21H27N3O3/c1-15-13-20(23-16(2)22-15)21(25)24(14-19-5-4-12-27-19)11-10-17-6-8-18(26-3)9-7-17/h6-9,13,19H,4-5,10-12,14H2,1-3H3. The van der Waals surface area contributed by atoms with Crippen molar-refractivity contribution in [3.8, 4) is 5.75 Å². The highest BCUT2D eigenvalue weighted by atomic mass is 16.5. The molecule has 1 aromatic carbocycles.